The number of hydrogen-bond donors (Lipinski definition) is 2. The van der Waals surface area contributed by atoms with E-state index >= 15 is 0 Å². The van der Waals surface area contributed by atoms with Gasteiger partial charge in [0.1, 0.15) is 17.5 Å². The molecule has 1 aliphatic carbocycles. The smallest absolute Gasteiger partial charge is 0.136 e. The maximum Gasteiger partial charge on any atom is 0.136 e. The minimum absolute atomic E-state index is 0.533. The van der Waals surface area contributed by atoms with Gasteiger partial charge in [0.05, 0.1) is 0 Å². The van der Waals surface area contributed by atoms with E-state index in [2.05, 4.69) is 32.1 Å². The normalized spacial score (nSPS) is 14.7. The molecule has 0 unspecified atom stereocenters. The zero-order valence-electron chi connectivity index (χ0n) is 10.1. The molecule has 2 aromatic rings. The zero-order chi connectivity index (χ0) is 12.4. The van der Waals surface area contributed by atoms with Crippen LogP contribution >= 0.6 is 11.3 Å². The molecule has 94 valence electrons. The monoisotopic (exact) mass is 260 g/mol. The maximum absolute atomic E-state index is 5.80. The van der Waals surface area contributed by atoms with Gasteiger partial charge < -0.3 is 11.1 Å². The first kappa shape index (κ1) is 11.5. The quantitative estimate of drug-likeness (QED) is 0.867. The molecule has 4 nitrogen and oxygen atoms in total. The molecule has 2 heterocycles. The lowest BCUT2D eigenvalue weighted by atomic mass is 10.2. The summed E-state index contributed by atoms with van der Waals surface area (Å²) in [5, 5.41) is 7.59. The number of thiophene rings is 1. The first-order chi connectivity index (χ1) is 8.81. The van der Waals surface area contributed by atoms with E-state index in [0.717, 1.165) is 24.6 Å². The minimum Gasteiger partial charge on any atom is -0.384 e. The van der Waals surface area contributed by atoms with Gasteiger partial charge in [-0.2, -0.15) is 11.3 Å². The summed E-state index contributed by atoms with van der Waals surface area (Å²) in [7, 11) is 0. The number of nitrogens with zero attached hydrogens (tertiary/aromatic N) is 2. The molecule has 0 aromatic carbocycles. The van der Waals surface area contributed by atoms with Crippen molar-refractivity contribution in [3.05, 3.63) is 34.3 Å². The third-order valence-corrected chi connectivity index (χ3v) is 3.74. The van der Waals surface area contributed by atoms with E-state index in [1.807, 2.05) is 0 Å². The van der Waals surface area contributed by atoms with Gasteiger partial charge in [-0.3, -0.25) is 0 Å². The molecule has 0 aliphatic heterocycles. The highest BCUT2D eigenvalue weighted by Crippen LogP contribution is 2.38. The van der Waals surface area contributed by atoms with Crippen LogP contribution in [0.2, 0.25) is 0 Å². The van der Waals surface area contributed by atoms with Gasteiger partial charge in [-0.1, -0.05) is 0 Å². The highest BCUT2D eigenvalue weighted by molar-refractivity contribution is 7.07. The Morgan fingerprint density at radius 3 is 3.00 bits per heavy atom. The van der Waals surface area contributed by atoms with Crippen LogP contribution in [0.25, 0.3) is 0 Å². The zero-order valence-corrected chi connectivity index (χ0v) is 10.9. The number of aromatic nitrogens is 2. The fraction of sp³-hybridized carbons (Fsp3) is 0.385. The number of hydrogen-bond acceptors (Lipinski definition) is 5. The largest absolute Gasteiger partial charge is 0.384 e. The second-order valence-electron chi connectivity index (χ2n) is 4.62. The number of rotatable bonds is 5. The van der Waals surface area contributed by atoms with Crippen LogP contribution in [0.1, 0.15) is 30.1 Å². The summed E-state index contributed by atoms with van der Waals surface area (Å²) in [5.74, 6) is 2.84. The van der Waals surface area contributed by atoms with Crippen LogP contribution in [-0.2, 0) is 6.42 Å². The Kier molecular flexibility index (Phi) is 3.15. The lowest BCUT2D eigenvalue weighted by Crippen LogP contribution is -2.08. The Morgan fingerprint density at radius 2 is 2.28 bits per heavy atom. The van der Waals surface area contributed by atoms with Gasteiger partial charge in [0, 0.05) is 18.5 Å². The molecule has 3 N–H and O–H groups in total. The van der Waals surface area contributed by atoms with E-state index in [-0.39, 0.29) is 0 Å². The molecule has 1 aliphatic rings. The first-order valence-corrected chi connectivity index (χ1v) is 7.15. The van der Waals surface area contributed by atoms with Gasteiger partial charge in [0.2, 0.25) is 0 Å². The molecule has 1 saturated carbocycles. The van der Waals surface area contributed by atoms with Crippen molar-refractivity contribution >= 4 is 23.0 Å². The molecule has 18 heavy (non-hydrogen) atoms. The Bertz CT molecular complexity index is 520. The molecule has 1 fully saturated rings. The second-order valence-corrected chi connectivity index (χ2v) is 5.40. The summed E-state index contributed by atoms with van der Waals surface area (Å²) >= 11 is 1.73. The van der Waals surface area contributed by atoms with Gasteiger partial charge in [0.25, 0.3) is 0 Å². The first-order valence-electron chi connectivity index (χ1n) is 6.20. The maximum atomic E-state index is 5.80. The lowest BCUT2D eigenvalue weighted by molar-refractivity contribution is 0.920. The van der Waals surface area contributed by atoms with E-state index in [4.69, 9.17) is 5.73 Å². The van der Waals surface area contributed by atoms with E-state index in [1.165, 1.54) is 18.4 Å². The summed E-state index contributed by atoms with van der Waals surface area (Å²) in [6, 6.07) is 3.95. The fourth-order valence-corrected chi connectivity index (χ4v) is 2.57. The summed E-state index contributed by atoms with van der Waals surface area (Å²) in [5.41, 5.74) is 7.16. The molecular formula is C13H16N4S. The summed E-state index contributed by atoms with van der Waals surface area (Å²) in [4.78, 5) is 8.80. The SMILES string of the molecule is Nc1cc(NCCc2ccsc2)nc(C2CC2)n1. The van der Waals surface area contributed by atoms with Crippen LogP contribution in [0.15, 0.2) is 22.9 Å². The molecule has 0 radical (unpaired) electrons. The van der Waals surface area contributed by atoms with Crippen LogP contribution in [0.3, 0.4) is 0 Å². The Hall–Kier alpha value is -1.62. The Balaban J connectivity index is 1.61. The van der Waals surface area contributed by atoms with E-state index in [0.29, 0.717) is 11.7 Å². The van der Waals surface area contributed by atoms with Crippen molar-refractivity contribution in [1.82, 2.24) is 9.97 Å². The predicted molar refractivity (Wildman–Crippen MR) is 74.9 cm³/mol. The third-order valence-electron chi connectivity index (χ3n) is 3.01. The number of nitrogens with two attached hydrogens (primary N) is 1. The molecule has 3 rings (SSSR count). The van der Waals surface area contributed by atoms with Gasteiger partial charge >= 0.3 is 0 Å². The van der Waals surface area contributed by atoms with Crippen molar-refractivity contribution in [3.63, 3.8) is 0 Å². The fourth-order valence-electron chi connectivity index (χ4n) is 1.87. The van der Waals surface area contributed by atoms with Crippen molar-refractivity contribution < 1.29 is 0 Å². The Morgan fingerprint density at radius 1 is 1.39 bits per heavy atom. The van der Waals surface area contributed by atoms with Crippen LogP contribution < -0.4 is 11.1 Å². The molecule has 0 atom stereocenters. The number of nitrogens with one attached hydrogen (secondary N) is 1. The highest BCUT2D eigenvalue weighted by Gasteiger charge is 2.27. The summed E-state index contributed by atoms with van der Waals surface area (Å²) < 4.78 is 0. The molecule has 0 spiro atoms. The van der Waals surface area contributed by atoms with Gasteiger partial charge in [-0.25, -0.2) is 9.97 Å². The summed E-state index contributed by atoms with van der Waals surface area (Å²) in [6.45, 7) is 0.872. The number of nitrogen functional groups attached to an aromatic ring is 1. The topological polar surface area (TPSA) is 63.8 Å². The van der Waals surface area contributed by atoms with Crippen molar-refractivity contribution in [1.29, 1.82) is 0 Å². The van der Waals surface area contributed by atoms with Gasteiger partial charge in [0.15, 0.2) is 0 Å². The molecule has 0 amide bonds. The van der Waals surface area contributed by atoms with Crippen LogP contribution in [0.4, 0.5) is 11.6 Å². The molecule has 2 aromatic heterocycles. The lowest BCUT2D eigenvalue weighted by Gasteiger charge is -2.07. The van der Waals surface area contributed by atoms with E-state index in [1.54, 1.807) is 17.4 Å². The molecule has 0 bridgehead atoms. The van der Waals surface area contributed by atoms with E-state index < -0.39 is 0 Å². The second kappa shape index (κ2) is 4.94. The summed E-state index contributed by atoms with van der Waals surface area (Å²) in [6.07, 6.45) is 3.39. The van der Waals surface area contributed by atoms with E-state index in [9.17, 15) is 0 Å². The molecule has 5 heteroatoms. The van der Waals surface area contributed by atoms with Crippen molar-refractivity contribution in [2.45, 2.75) is 25.2 Å². The third kappa shape index (κ3) is 2.79. The van der Waals surface area contributed by atoms with Crippen LogP contribution in [0.5, 0.6) is 0 Å². The average molecular weight is 260 g/mol. The number of anilines is 2. The molecular weight excluding hydrogens is 244 g/mol. The van der Waals surface area contributed by atoms with Gasteiger partial charge in [-0.05, 0) is 41.7 Å². The standard InChI is InChI=1S/C13H16N4S/c14-11-7-12(17-13(16-11)10-1-2-10)15-5-3-9-4-6-18-8-9/h4,6-8,10H,1-3,5H2,(H3,14,15,16,17). The van der Waals surface area contributed by atoms with Gasteiger partial charge in [-0.15, -0.1) is 0 Å². The van der Waals surface area contributed by atoms with Crippen molar-refractivity contribution in [2.24, 2.45) is 0 Å². The predicted octanol–water partition coefficient (Wildman–Crippen LogP) is 2.65. The van der Waals surface area contributed by atoms with Crippen molar-refractivity contribution in [2.75, 3.05) is 17.6 Å². The molecule has 0 saturated heterocycles. The van der Waals surface area contributed by atoms with Crippen LogP contribution in [0, 0.1) is 0 Å². The van der Waals surface area contributed by atoms with Crippen LogP contribution in [-0.4, -0.2) is 16.5 Å². The van der Waals surface area contributed by atoms with Crippen molar-refractivity contribution in [3.8, 4) is 0 Å². The Labute approximate surface area is 110 Å². The average Bonchev–Trinajstić information content (AvgIpc) is 3.08. The minimum atomic E-state index is 0.533. The highest BCUT2D eigenvalue weighted by atomic mass is 32.1.